The van der Waals surface area contributed by atoms with Gasteiger partial charge in [-0.25, -0.2) is 4.98 Å². The summed E-state index contributed by atoms with van der Waals surface area (Å²) in [5, 5.41) is 2.93. The molecule has 0 spiro atoms. The molecule has 148 valence electrons. The third-order valence-electron chi connectivity index (χ3n) is 5.28. The number of nitrogens with zero attached hydrogens (tertiary/aromatic N) is 4. The van der Waals surface area contributed by atoms with Gasteiger partial charge in [0.15, 0.2) is 5.82 Å². The highest BCUT2D eigenvalue weighted by molar-refractivity contribution is 5.97. The second-order valence-electron chi connectivity index (χ2n) is 7.71. The minimum absolute atomic E-state index is 0.132. The van der Waals surface area contributed by atoms with Gasteiger partial charge in [0.1, 0.15) is 5.69 Å². The first kappa shape index (κ1) is 19.4. The number of amides is 3. The first-order valence-electron chi connectivity index (χ1n) is 9.87. The van der Waals surface area contributed by atoms with Gasteiger partial charge in [-0.3, -0.25) is 14.4 Å². The number of carbonyl (C=O) groups is 3. The number of imidazole rings is 1. The average Bonchev–Trinajstić information content (AvgIpc) is 3.07. The van der Waals surface area contributed by atoms with E-state index in [0.29, 0.717) is 50.2 Å². The van der Waals surface area contributed by atoms with Crippen LogP contribution in [0.15, 0.2) is 0 Å². The summed E-state index contributed by atoms with van der Waals surface area (Å²) in [6, 6.07) is 0. The summed E-state index contributed by atoms with van der Waals surface area (Å²) in [5.74, 6) is 0.529. The first-order chi connectivity index (χ1) is 13.0. The molecule has 3 rings (SSSR count). The molecule has 0 atom stereocenters. The Morgan fingerprint density at radius 2 is 1.89 bits per heavy atom. The van der Waals surface area contributed by atoms with Crippen LogP contribution in [0.2, 0.25) is 0 Å². The molecule has 1 aromatic rings. The lowest BCUT2D eigenvalue weighted by molar-refractivity contribution is -0.119. The van der Waals surface area contributed by atoms with E-state index < -0.39 is 0 Å². The minimum Gasteiger partial charge on any atom is -0.349 e. The highest BCUT2D eigenvalue weighted by Gasteiger charge is 2.31. The van der Waals surface area contributed by atoms with Gasteiger partial charge in [0, 0.05) is 39.3 Å². The smallest absolute Gasteiger partial charge is 0.287 e. The third kappa shape index (κ3) is 4.31. The van der Waals surface area contributed by atoms with E-state index in [0.717, 1.165) is 44.3 Å². The predicted octanol–water partition coefficient (Wildman–Crippen LogP) is 0.910. The van der Waals surface area contributed by atoms with E-state index >= 15 is 0 Å². The lowest BCUT2D eigenvalue weighted by Gasteiger charge is -2.32. The quantitative estimate of drug-likeness (QED) is 0.749. The number of rotatable bonds is 6. The van der Waals surface area contributed by atoms with Crippen LogP contribution in [-0.2, 0) is 17.8 Å². The van der Waals surface area contributed by atoms with Crippen molar-refractivity contribution in [1.82, 2.24) is 24.7 Å². The highest BCUT2D eigenvalue weighted by Crippen LogP contribution is 2.23. The van der Waals surface area contributed by atoms with E-state index in [1.807, 2.05) is 4.57 Å². The van der Waals surface area contributed by atoms with Crippen LogP contribution < -0.4 is 5.32 Å². The lowest BCUT2D eigenvalue weighted by atomic mass is 10.1. The third-order valence-corrected chi connectivity index (χ3v) is 5.28. The van der Waals surface area contributed by atoms with Gasteiger partial charge in [0.05, 0.1) is 5.69 Å². The number of nitrogens with one attached hydrogen (secondary N) is 1. The van der Waals surface area contributed by atoms with Crippen LogP contribution in [0.4, 0.5) is 0 Å². The summed E-state index contributed by atoms with van der Waals surface area (Å²) < 4.78 is 1.92. The predicted molar refractivity (Wildman–Crippen MR) is 100 cm³/mol. The maximum atomic E-state index is 13.0. The summed E-state index contributed by atoms with van der Waals surface area (Å²) in [6.45, 7) is 7.63. The molecule has 0 unspecified atom stereocenters. The molecule has 0 saturated carbocycles. The Hall–Kier alpha value is -2.38. The van der Waals surface area contributed by atoms with E-state index in [9.17, 15) is 14.4 Å². The zero-order valence-electron chi connectivity index (χ0n) is 16.2. The van der Waals surface area contributed by atoms with E-state index in [2.05, 4.69) is 24.1 Å². The number of fused-ring (bicyclic) bond motifs is 1. The van der Waals surface area contributed by atoms with Crippen molar-refractivity contribution in [1.29, 1.82) is 0 Å². The lowest BCUT2D eigenvalue weighted by Crippen LogP contribution is -2.48. The minimum atomic E-state index is -0.205. The summed E-state index contributed by atoms with van der Waals surface area (Å²) >= 11 is 0. The maximum absolute atomic E-state index is 13.0. The molecule has 0 radical (unpaired) electrons. The van der Waals surface area contributed by atoms with Crippen molar-refractivity contribution < 1.29 is 14.4 Å². The highest BCUT2D eigenvalue weighted by atomic mass is 16.2. The molecule has 3 heterocycles. The molecule has 1 fully saturated rings. The zero-order chi connectivity index (χ0) is 19.4. The van der Waals surface area contributed by atoms with E-state index in [4.69, 9.17) is 0 Å². The van der Waals surface area contributed by atoms with E-state index in [1.54, 1.807) is 9.80 Å². The fourth-order valence-electron chi connectivity index (χ4n) is 3.62. The van der Waals surface area contributed by atoms with Gasteiger partial charge in [-0.2, -0.15) is 0 Å². The van der Waals surface area contributed by atoms with Crippen molar-refractivity contribution in [3.63, 3.8) is 0 Å². The molecule has 8 nitrogen and oxygen atoms in total. The molecule has 0 aliphatic carbocycles. The normalized spacial score (nSPS) is 17.0. The molecule has 1 saturated heterocycles. The van der Waals surface area contributed by atoms with Gasteiger partial charge in [0.2, 0.25) is 6.41 Å². The summed E-state index contributed by atoms with van der Waals surface area (Å²) in [5.41, 5.74) is 1.28. The molecule has 1 aromatic heterocycles. The van der Waals surface area contributed by atoms with Crippen LogP contribution in [0, 0.1) is 5.92 Å². The fourth-order valence-corrected chi connectivity index (χ4v) is 3.62. The van der Waals surface area contributed by atoms with Gasteiger partial charge in [0.25, 0.3) is 11.8 Å². The van der Waals surface area contributed by atoms with Crippen molar-refractivity contribution in [3.05, 3.63) is 17.2 Å². The van der Waals surface area contributed by atoms with E-state index in [1.165, 1.54) is 0 Å². The second-order valence-corrected chi connectivity index (χ2v) is 7.71. The van der Waals surface area contributed by atoms with Gasteiger partial charge in [-0.15, -0.1) is 0 Å². The molecule has 8 heteroatoms. The maximum Gasteiger partial charge on any atom is 0.287 e. The number of hydrogen-bond donors (Lipinski definition) is 1. The van der Waals surface area contributed by atoms with Crippen molar-refractivity contribution in [3.8, 4) is 0 Å². The molecular weight excluding hydrogens is 346 g/mol. The monoisotopic (exact) mass is 375 g/mol. The van der Waals surface area contributed by atoms with Crippen LogP contribution >= 0.6 is 0 Å². The average molecular weight is 375 g/mol. The van der Waals surface area contributed by atoms with Gasteiger partial charge >= 0.3 is 0 Å². The van der Waals surface area contributed by atoms with Crippen molar-refractivity contribution in [2.75, 3.05) is 32.7 Å². The molecular formula is C19H29N5O3. The molecule has 0 aromatic carbocycles. The molecule has 2 aliphatic rings. The molecule has 0 bridgehead atoms. The Kier molecular flexibility index (Phi) is 6.13. The van der Waals surface area contributed by atoms with Crippen LogP contribution in [0.25, 0.3) is 0 Å². The largest absolute Gasteiger partial charge is 0.349 e. The second kappa shape index (κ2) is 8.54. The Bertz CT molecular complexity index is 704. The van der Waals surface area contributed by atoms with Gasteiger partial charge < -0.3 is 19.7 Å². The standard InChI is InChI=1S/C19H29N5O3/c1-14(2)6-7-20-18(26)17-21-16(15-5-3-4-8-24(15)17)19(27)23-11-9-22(13-25)10-12-23/h13-14H,3-12H2,1-2H3,(H,20,26). The number of aromatic nitrogens is 2. The summed E-state index contributed by atoms with van der Waals surface area (Å²) in [7, 11) is 0. The number of carbonyl (C=O) groups excluding carboxylic acids is 3. The van der Waals surface area contributed by atoms with Gasteiger partial charge in [-0.05, 0) is 31.6 Å². The van der Waals surface area contributed by atoms with Crippen LogP contribution in [-0.4, -0.2) is 70.3 Å². The van der Waals surface area contributed by atoms with Gasteiger partial charge in [-0.1, -0.05) is 13.8 Å². The zero-order valence-corrected chi connectivity index (χ0v) is 16.2. The molecule has 2 aliphatic heterocycles. The Morgan fingerprint density at radius 3 is 2.56 bits per heavy atom. The molecule has 27 heavy (non-hydrogen) atoms. The topological polar surface area (TPSA) is 87.5 Å². The van der Waals surface area contributed by atoms with Crippen molar-refractivity contribution in [2.24, 2.45) is 5.92 Å². The van der Waals surface area contributed by atoms with Crippen LogP contribution in [0.1, 0.15) is 59.9 Å². The number of piperazine rings is 1. The van der Waals surface area contributed by atoms with Crippen molar-refractivity contribution >= 4 is 18.2 Å². The SMILES string of the molecule is CC(C)CCNC(=O)c1nc(C(=O)N2CCN(C=O)CC2)c2n1CCCC2. The van der Waals surface area contributed by atoms with E-state index in [-0.39, 0.29) is 11.8 Å². The molecule has 1 N–H and O–H groups in total. The van der Waals surface area contributed by atoms with Crippen LogP contribution in [0.5, 0.6) is 0 Å². The summed E-state index contributed by atoms with van der Waals surface area (Å²) in [4.78, 5) is 44.4. The Morgan fingerprint density at radius 1 is 1.15 bits per heavy atom. The summed E-state index contributed by atoms with van der Waals surface area (Å²) in [6.07, 6.45) is 4.48. The Balaban J connectivity index is 1.77. The van der Waals surface area contributed by atoms with Crippen LogP contribution in [0.3, 0.4) is 0 Å². The van der Waals surface area contributed by atoms with Crippen molar-refractivity contribution in [2.45, 2.75) is 46.1 Å². The fraction of sp³-hybridized carbons (Fsp3) is 0.684. The first-order valence-corrected chi connectivity index (χ1v) is 9.87. The Labute approximate surface area is 159 Å². The number of hydrogen-bond acceptors (Lipinski definition) is 4. The molecule has 3 amide bonds.